The molecule has 1 saturated heterocycles. The Bertz CT molecular complexity index is 640. The lowest BCUT2D eigenvalue weighted by atomic mass is 9.90. The predicted molar refractivity (Wildman–Crippen MR) is 84.8 cm³/mol. The number of halogens is 1. The Kier molecular flexibility index (Phi) is 4.75. The molecule has 21 heavy (non-hydrogen) atoms. The van der Waals surface area contributed by atoms with Gasteiger partial charge in [0.2, 0.25) is 0 Å². The number of benzene rings is 1. The Morgan fingerprint density at radius 2 is 1.86 bits per heavy atom. The van der Waals surface area contributed by atoms with Gasteiger partial charge in [-0.1, -0.05) is 0 Å². The summed E-state index contributed by atoms with van der Waals surface area (Å²) in [6.07, 6.45) is 5.19. The van der Waals surface area contributed by atoms with Crippen molar-refractivity contribution in [2.24, 2.45) is 0 Å². The zero-order valence-electron chi connectivity index (χ0n) is 11.9. The molecule has 2 N–H and O–H groups in total. The molecule has 1 fully saturated rings. The molecule has 1 amide bonds. The van der Waals surface area contributed by atoms with Crippen LogP contribution in [0.1, 0.15) is 30.1 Å². The van der Waals surface area contributed by atoms with E-state index in [1.54, 1.807) is 24.5 Å². The van der Waals surface area contributed by atoms with E-state index in [-0.39, 0.29) is 23.9 Å². The van der Waals surface area contributed by atoms with Crippen LogP contribution >= 0.6 is 12.4 Å². The zero-order valence-corrected chi connectivity index (χ0v) is 12.7. The molecule has 3 rings (SSSR count). The number of carbonyl (C=O) groups excluding carboxylic acids is 1. The minimum atomic E-state index is -0.125. The first-order chi connectivity index (χ1) is 9.66. The summed E-state index contributed by atoms with van der Waals surface area (Å²) in [4.78, 5) is 20.8. The second-order valence-electron chi connectivity index (χ2n) is 5.52. The van der Waals surface area contributed by atoms with Gasteiger partial charge in [0.1, 0.15) is 0 Å². The molecule has 6 heteroatoms. The average Bonchev–Trinajstić information content (AvgIpc) is 2.47. The normalized spacial score (nSPS) is 17.0. The van der Waals surface area contributed by atoms with Crippen LogP contribution in [0.15, 0.2) is 30.6 Å². The smallest absolute Gasteiger partial charge is 0.251 e. The highest BCUT2D eigenvalue weighted by atomic mass is 35.5. The third-order valence-corrected chi connectivity index (χ3v) is 3.85. The van der Waals surface area contributed by atoms with Gasteiger partial charge < -0.3 is 10.6 Å². The summed E-state index contributed by atoms with van der Waals surface area (Å²) >= 11 is 0. The number of hydrogen-bond acceptors (Lipinski definition) is 4. The number of amides is 1. The van der Waals surface area contributed by atoms with Crippen molar-refractivity contribution in [2.75, 3.05) is 13.1 Å². The summed E-state index contributed by atoms with van der Waals surface area (Å²) in [7, 11) is 0. The second kappa shape index (κ2) is 6.37. The Balaban J connectivity index is 0.00000161. The van der Waals surface area contributed by atoms with Gasteiger partial charge in [0.05, 0.1) is 11.0 Å². The van der Waals surface area contributed by atoms with Crippen molar-refractivity contribution >= 4 is 29.3 Å². The lowest BCUT2D eigenvalue weighted by Gasteiger charge is -2.35. The van der Waals surface area contributed by atoms with Crippen LogP contribution in [0.5, 0.6) is 0 Å². The van der Waals surface area contributed by atoms with Crippen LogP contribution in [0, 0.1) is 0 Å². The molecular formula is C15H19ClN4O. The minimum absolute atomic E-state index is 0. The summed E-state index contributed by atoms with van der Waals surface area (Å²) in [5.74, 6) is -0.0399. The maximum atomic E-state index is 12.4. The van der Waals surface area contributed by atoms with E-state index in [9.17, 15) is 4.79 Å². The van der Waals surface area contributed by atoms with E-state index in [0.29, 0.717) is 5.56 Å². The molecule has 1 aliphatic heterocycles. The van der Waals surface area contributed by atoms with Gasteiger partial charge in [-0.2, -0.15) is 0 Å². The van der Waals surface area contributed by atoms with Gasteiger partial charge in [0, 0.05) is 23.5 Å². The van der Waals surface area contributed by atoms with Crippen LogP contribution in [0.2, 0.25) is 0 Å². The summed E-state index contributed by atoms with van der Waals surface area (Å²) in [5.41, 5.74) is 2.06. The first kappa shape index (κ1) is 15.7. The number of rotatable bonds is 2. The number of hydrogen-bond donors (Lipinski definition) is 2. The van der Waals surface area contributed by atoms with Gasteiger partial charge >= 0.3 is 0 Å². The molecular weight excluding hydrogens is 288 g/mol. The van der Waals surface area contributed by atoms with Crippen LogP contribution in [0.3, 0.4) is 0 Å². The Hall–Kier alpha value is -1.72. The van der Waals surface area contributed by atoms with E-state index in [0.717, 1.165) is 37.0 Å². The summed E-state index contributed by atoms with van der Waals surface area (Å²) in [6, 6.07) is 5.43. The van der Waals surface area contributed by atoms with Gasteiger partial charge in [-0.15, -0.1) is 12.4 Å². The molecule has 1 aliphatic rings. The Labute approximate surface area is 130 Å². The van der Waals surface area contributed by atoms with Crippen LogP contribution < -0.4 is 10.6 Å². The SMILES string of the molecule is CC1(NC(=O)c2ccc3nccnc3c2)CCNCC1.Cl. The van der Waals surface area contributed by atoms with E-state index >= 15 is 0 Å². The summed E-state index contributed by atoms with van der Waals surface area (Å²) in [5, 5.41) is 6.46. The molecule has 0 radical (unpaired) electrons. The number of nitrogens with zero attached hydrogens (tertiary/aromatic N) is 2. The molecule has 0 unspecified atom stereocenters. The predicted octanol–water partition coefficient (Wildman–Crippen LogP) is 1.92. The van der Waals surface area contributed by atoms with Crippen molar-refractivity contribution < 1.29 is 4.79 Å². The molecule has 0 saturated carbocycles. The highest BCUT2D eigenvalue weighted by Crippen LogP contribution is 2.18. The fraction of sp³-hybridized carbons (Fsp3) is 0.400. The minimum Gasteiger partial charge on any atom is -0.347 e. The van der Waals surface area contributed by atoms with E-state index in [1.807, 2.05) is 6.07 Å². The molecule has 2 heterocycles. The zero-order chi connectivity index (χ0) is 14.0. The van der Waals surface area contributed by atoms with E-state index in [2.05, 4.69) is 27.5 Å². The topological polar surface area (TPSA) is 66.9 Å². The second-order valence-corrected chi connectivity index (χ2v) is 5.52. The monoisotopic (exact) mass is 306 g/mol. The van der Waals surface area contributed by atoms with E-state index in [4.69, 9.17) is 0 Å². The van der Waals surface area contributed by atoms with Crippen LogP contribution in [0.4, 0.5) is 0 Å². The van der Waals surface area contributed by atoms with Crippen molar-refractivity contribution in [3.8, 4) is 0 Å². The molecule has 5 nitrogen and oxygen atoms in total. The lowest BCUT2D eigenvalue weighted by Crippen LogP contribution is -2.52. The van der Waals surface area contributed by atoms with Crippen molar-refractivity contribution in [3.05, 3.63) is 36.2 Å². The summed E-state index contributed by atoms with van der Waals surface area (Å²) in [6.45, 7) is 3.99. The molecule has 0 aliphatic carbocycles. The number of nitrogens with one attached hydrogen (secondary N) is 2. The van der Waals surface area contributed by atoms with Crippen molar-refractivity contribution in [1.82, 2.24) is 20.6 Å². The van der Waals surface area contributed by atoms with Gasteiger partial charge in [0.25, 0.3) is 5.91 Å². The first-order valence-electron chi connectivity index (χ1n) is 6.90. The highest BCUT2D eigenvalue weighted by molar-refractivity contribution is 5.97. The molecule has 2 aromatic rings. The number of carbonyl (C=O) groups is 1. The molecule has 112 valence electrons. The molecule has 0 bridgehead atoms. The van der Waals surface area contributed by atoms with Gasteiger partial charge in [-0.3, -0.25) is 14.8 Å². The van der Waals surface area contributed by atoms with Crippen molar-refractivity contribution in [2.45, 2.75) is 25.3 Å². The van der Waals surface area contributed by atoms with E-state index < -0.39 is 0 Å². The van der Waals surface area contributed by atoms with Crippen molar-refractivity contribution in [1.29, 1.82) is 0 Å². The first-order valence-corrected chi connectivity index (χ1v) is 6.90. The molecule has 0 atom stereocenters. The molecule has 1 aromatic heterocycles. The maximum absolute atomic E-state index is 12.4. The molecule has 1 aromatic carbocycles. The van der Waals surface area contributed by atoms with Crippen LogP contribution in [-0.4, -0.2) is 34.5 Å². The van der Waals surface area contributed by atoms with Crippen LogP contribution in [0.25, 0.3) is 11.0 Å². The van der Waals surface area contributed by atoms with E-state index in [1.165, 1.54) is 0 Å². The fourth-order valence-corrected chi connectivity index (χ4v) is 2.55. The number of aromatic nitrogens is 2. The summed E-state index contributed by atoms with van der Waals surface area (Å²) < 4.78 is 0. The quantitative estimate of drug-likeness (QED) is 0.889. The van der Waals surface area contributed by atoms with Gasteiger partial charge in [0.15, 0.2) is 0 Å². The largest absolute Gasteiger partial charge is 0.347 e. The van der Waals surface area contributed by atoms with Crippen LogP contribution in [-0.2, 0) is 0 Å². The average molecular weight is 307 g/mol. The third kappa shape index (κ3) is 3.49. The van der Waals surface area contributed by atoms with Gasteiger partial charge in [-0.25, -0.2) is 0 Å². The third-order valence-electron chi connectivity index (χ3n) is 3.85. The standard InChI is InChI=1S/C15H18N4O.ClH/c1-15(4-6-16-7-5-15)19-14(20)11-2-3-12-13(10-11)18-9-8-17-12;/h2-3,8-10,16H,4-7H2,1H3,(H,19,20);1H. The van der Waals surface area contributed by atoms with Crippen molar-refractivity contribution in [3.63, 3.8) is 0 Å². The number of piperidine rings is 1. The van der Waals surface area contributed by atoms with Gasteiger partial charge in [-0.05, 0) is 51.1 Å². The number of fused-ring (bicyclic) bond motifs is 1. The fourth-order valence-electron chi connectivity index (χ4n) is 2.55. The Morgan fingerprint density at radius 3 is 2.57 bits per heavy atom. The highest BCUT2D eigenvalue weighted by Gasteiger charge is 2.28. The Morgan fingerprint density at radius 1 is 1.19 bits per heavy atom. The lowest BCUT2D eigenvalue weighted by molar-refractivity contribution is 0.0887. The molecule has 0 spiro atoms. The maximum Gasteiger partial charge on any atom is 0.251 e.